The van der Waals surface area contributed by atoms with Gasteiger partial charge in [0.25, 0.3) is 5.91 Å². The molecule has 0 saturated heterocycles. The third-order valence-electron chi connectivity index (χ3n) is 7.85. The van der Waals surface area contributed by atoms with E-state index >= 15 is 0 Å². The monoisotopic (exact) mass is 467 g/mol. The molecule has 2 aromatic heterocycles. The van der Waals surface area contributed by atoms with Crippen LogP contribution in [0.5, 0.6) is 0 Å². The maximum atomic E-state index is 14.6. The minimum absolute atomic E-state index is 0.0465. The molecule has 3 aromatic rings. The summed E-state index contributed by atoms with van der Waals surface area (Å²) in [6.45, 7) is 6.63. The van der Waals surface area contributed by atoms with Crippen LogP contribution in [-0.2, 0) is 17.9 Å². The van der Waals surface area contributed by atoms with Gasteiger partial charge in [-0.25, -0.2) is 4.39 Å². The highest BCUT2D eigenvalue weighted by atomic mass is 32.1. The molecule has 174 valence electrons. The summed E-state index contributed by atoms with van der Waals surface area (Å²) < 4.78 is 17.5. The number of aromatic nitrogens is 1. The van der Waals surface area contributed by atoms with E-state index in [2.05, 4.69) is 19.2 Å². The fourth-order valence-electron chi connectivity index (χ4n) is 5.43. The van der Waals surface area contributed by atoms with E-state index in [1.54, 1.807) is 34.4 Å². The minimum atomic E-state index is -1.14. The lowest BCUT2D eigenvalue weighted by Crippen LogP contribution is -2.65. The highest BCUT2D eigenvalue weighted by Gasteiger charge is 2.48. The number of thiophene rings is 1. The molecule has 0 unspecified atom stereocenters. The molecule has 5 rings (SSSR count). The number of amides is 2. The number of benzene rings is 1. The standard InChI is InChI=1S/C26H30FN3O2S/c1-16-7-6-10-20(17(16)2)28-25(32)26(3)15-29-21-11-12-33-23(21)13-22(29)24(31)30(26)14-18-8-4-5-9-19(18)27/h4-5,8-9,11-13,16-17,20H,6-7,10,14-15H2,1-3H3,(H,28,32)/t16-,17-,20+,26+/m1/s1. The van der Waals surface area contributed by atoms with Crippen LogP contribution in [-0.4, -0.2) is 32.9 Å². The van der Waals surface area contributed by atoms with E-state index in [4.69, 9.17) is 0 Å². The molecule has 1 aromatic carbocycles. The average molecular weight is 468 g/mol. The van der Waals surface area contributed by atoms with Gasteiger partial charge in [-0.05, 0) is 48.8 Å². The van der Waals surface area contributed by atoms with Crippen molar-refractivity contribution < 1.29 is 14.0 Å². The largest absolute Gasteiger partial charge is 0.351 e. The number of carbonyl (C=O) groups is 2. The molecule has 3 heterocycles. The number of nitrogens with one attached hydrogen (secondary N) is 1. The Morgan fingerprint density at radius 2 is 2.03 bits per heavy atom. The van der Waals surface area contributed by atoms with Crippen LogP contribution in [0.3, 0.4) is 0 Å². The van der Waals surface area contributed by atoms with Gasteiger partial charge in [0.2, 0.25) is 5.91 Å². The summed E-state index contributed by atoms with van der Waals surface area (Å²) in [5.74, 6) is 0.137. The van der Waals surface area contributed by atoms with E-state index in [1.165, 1.54) is 12.5 Å². The Morgan fingerprint density at radius 3 is 2.82 bits per heavy atom. The number of hydrogen-bond donors (Lipinski definition) is 1. The lowest BCUT2D eigenvalue weighted by atomic mass is 9.77. The number of nitrogens with zero attached hydrogens (tertiary/aromatic N) is 2. The number of rotatable bonds is 4. The summed E-state index contributed by atoms with van der Waals surface area (Å²) in [7, 11) is 0. The maximum absolute atomic E-state index is 14.6. The normalized spacial score (nSPS) is 27.6. The van der Waals surface area contributed by atoms with Crippen molar-refractivity contribution in [2.45, 2.75) is 64.7 Å². The molecule has 0 bridgehead atoms. The van der Waals surface area contributed by atoms with Crippen LogP contribution >= 0.6 is 11.3 Å². The van der Waals surface area contributed by atoms with Gasteiger partial charge in [-0.15, -0.1) is 11.3 Å². The van der Waals surface area contributed by atoms with Crippen molar-refractivity contribution in [3.05, 3.63) is 58.9 Å². The first kappa shape index (κ1) is 22.1. The van der Waals surface area contributed by atoms with Crippen molar-refractivity contribution in [2.75, 3.05) is 0 Å². The van der Waals surface area contributed by atoms with Crippen LogP contribution in [0.25, 0.3) is 10.2 Å². The Bertz CT molecular complexity index is 1220. The van der Waals surface area contributed by atoms with Gasteiger partial charge >= 0.3 is 0 Å². The van der Waals surface area contributed by atoms with E-state index in [1.807, 2.05) is 29.0 Å². The molecular formula is C26H30FN3O2S. The molecule has 1 N–H and O–H groups in total. The molecule has 0 radical (unpaired) electrons. The van der Waals surface area contributed by atoms with E-state index in [-0.39, 0.29) is 30.2 Å². The van der Waals surface area contributed by atoms with Crippen LogP contribution < -0.4 is 5.32 Å². The lowest BCUT2D eigenvalue weighted by molar-refractivity contribution is -0.134. The predicted octanol–water partition coefficient (Wildman–Crippen LogP) is 5.20. The van der Waals surface area contributed by atoms with Crippen molar-refractivity contribution >= 4 is 33.4 Å². The number of carbonyl (C=O) groups excluding carboxylic acids is 2. The van der Waals surface area contributed by atoms with E-state index in [9.17, 15) is 14.0 Å². The molecule has 1 aliphatic carbocycles. The molecule has 2 aliphatic rings. The van der Waals surface area contributed by atoms with Gasteiger partial charge in [0.1, 0.15) is 17.1 Å². The van der Waals surface area contributed by atoms with Crippen molar-refractivity contribution in [2.24, 2.45) is 11.8 Å². The first-order valence-corrected chi connectivity index (χ1v) is 12.6. The minimum Gasteiger partial charge on any atom is -0.351 e. The fourth-order valence-corrected chi connectivity index (χ4v) is 6.25. The van der Waals surface area contributed by atoms with Gasteiger partial charge in [-0.1, -0.05) is 44.9 Å². The summed E-state index contributed by atoms with van der Waals surface area (Å²) in [6, 6.07) is 10.4. The second-order valence-corrected chi connectivity index (χ2v) is 10.8. The Balaban J connectivity index is 1.54. The second-order valence-electron chi connectivity index (χ2n) is 9.89. The molecule has 4 atom stereocenters. The zero-order valence-electron chi connectivity index (χ0n) is 19.3. The van der Waals surface area contributed by atoms with Gasteiger partial charge in [0, 0.05) is 11.6 Å². The first-order valence-electron chi connectivity index (χ1n) is 11.7. The Kier molecular flexibility index (Phi) is 5.55. The SMILES string of the molecule is C[C@@H]1[C@H](C)CCC[C@@H]1NC(=O)[C@]1(C)Cn2c(cc3sccc32)C(=O)N1Cc1ccccc1F. The maximum Gasteiger partial charge on any atom is 0.271 e. The van der Waals surface area contributed by atoms with Crippen LogP contribution in [0.4, 0.5) is 4.39 Å². The van der Waals surface area contributed by atoms with Crippen molar-refractivity contribution in [1.29, 1.82) is 0 Å². The van der Waals surface area contributed by atoms with Crippen LogP contribution in [0.2, 0.25) is 0 Å². The molecule has 2 amide bonds. The molecule has 33 heavy (non-hydrogen) atoms. The Morgan fingerprint density at radius 1 is 1.24 bits per heavy atom. The van der Waals surface area contributed by atoms with E-state index in [0.29, 0.717) is 29.6 Å². The first-order chi connectivity index (χ1) is 15.8. The summed E-state index contributed by atoms with van der Waals surface area (Å²) in [4.78, 5) is 29.2. The molecule has 1 fully saturated rings. The van der Waals surface area contributed by atoms with Crippen molar-refractivity contribution in [3.63, 3.8) is 0 Å². The third kappa shape index (κ3) is 3.66. The van der Waals surface area contributed by atoms with Gasteiger partial charge in [-0.3, -0.25) is 9.59 Å². The quantitative estimate of drug-likeness (QED) is 0.574. The van der Waals surface area contributed by atoms with Crippen molar-refractivity contribution in [1.82, 2.24) is 14.8 Å². The number of fused-ring (bicyclic) bond motifs is 3. The summed E-state index contributed by atoms with van der Waals surface area (Å²) in [6.07, 6.45) is 3.20. The van der Waals surface area contributed by atoms with Crippen LogP contribution in [0.1, 0.15) is 56.1 Å². The third-order valence-corrected chi connectivity index (χ3v) is 8.70. The van der Waals surface area contributed by atoms with E-state index < -0.39 is 5.54 Å². The molecule has 1 aliphatic heterocycles. The van der Waals surface area contributed by atoms with Crippen LogP contribution in [0.15, 0.2) is 41.8 Å². The Labute approximate surface area is 197 Å². The zero-order chi connectivity index (χ0) is 23.3. The van der Waals surface area contributed by atoms with Crippen LogP contribution in [0, 0.1) is 17.7 Å². The number of halogens is 1. The molecule has 7 heteroatoms. The van der Waals surface area contributed by atoms with Gasteiger partial charge < -0.3 is 14.8 Å². The Hall–Kier alpha value is -2.67. The smallest absolute Gasteiger partial charge is 0.271 e. The van der Waals surface area contributed by atoms with Gasteiger partial charge in [0.15, 0.2) is 0 Å². The summed E-state index contributed by atoms with van der Waals surface area (Å²) in [5.41, 5.74) is 0.790. The summed E-state index contributed by atoms with van der Waals surface area (Å²) >= 11 is 1.58. The van der Waals surface area contributed by atoms with E-state index in [0.717, 1.165) is 23.1 Å². The topological polar surface area (TPSA) is 54.3 Å². The lowest BCUT2D eigenvalue weighted by Gasteiger charge is -2.45. The highest BCUT2D eigenvalue weighted by Crippen LogP contribution is 2.36. The highest BCUT2D eigenvalue weighted by molar-refractivity contribution is 7.17. The number of hydrogen-bond acceptors (Lipinski definition) is 3. The predicted molar refractivity (Wildman–Crippen MR) is 129 cm³/mol. The van der Waals surface area contributed by atoms with Gasteiger partial charge in [0.05, 0.1) is 23.3 Å². The zero-order valence-corrected chi connectivity index (χ0v) is 20.1. The average Bonchev–Trinajstić information content (AvgIpc) is 3.38. The van der Waals surface area contributed by atoms with Gasteiger partial charge in [-0.2, -0.15) is 0 Å². The molecular weight excluding hydrogens is 437 g/mol. The molecule has 5 nitrogen and oxygen atoms in total. The molecule has 1 saturated carbocycles. The van der Waals surface area contributed by atoms with Crippen molar-refractivity contribution in [3.8, 4) is 0 Å². The molecule has 0 spiro atoms. The second kappa shape index (κ2) is 8.28. The fraction of sp³-hybridized carbons (Fsp3) is 0.462. The summed E-state index contributed by atoms with van der Waals surface area (Å²) in [5, 5.41) is 5.28.